The van der Waals surface area contributed by atoms with Crippen LogP contribution in [0.2, 0.25) is 5.02 Å². The summed E-state index contributed by atoms with van der Waals surface area (Å²) in [5.41, 5.74) is 1.14. The summed E-state index contributed by atoms with van der Waals surface area (Å²) in [5, 5.41) is 11.9. The Kier molecular flexibility index (Phi) is 5.41. The minimum Gasteiger partial charge on any atom is -0.384 e. The summed E-state index contributed by atoms with van der Waals surface area (Å²) in [7, 11) is 0. The lowest BCUT2D eigenvalue weighted by atomic mass is 9.97. The highest BCUT2D eigenvalue weighted by atomic mass is 35.5. The minimum atomic E-state index is -0.218. The van der Waals surface area contributed by atoms with E-state index >= 15 is 0 Å². The highest BCUT2D eigenvalue weighted by Gasteiger charge is 2.13. The van der Waals surface area contributed by atoms with E-state index in [9.17, 15) is 4.79 Å². The Balaban J connectivity index is 2.80. The summed E-state index contributed by atoms with van der Waals surface area (Å²) in [5.74, 6) is 5.09. The van der Waals surface area contributed by atoms with Crippen LogP contribution in [0.3, 0.4) is 0 Å². The van der Waals surface area contributed by atoms with Gasteiger partial charge in [-0.15, -0.1) is 0 Å². The molecule has 0 saturated heterocycles. The van der Waals surface area contributed by atoms with Crippen LogP contribution in [0.15, 0.2) is 18.2 Å². The van der Waals surface area contributed by atoms with Gasteiger partial charge in [-0.1, -0.05) is 44.2 Å². The van der Waals surface area contributed by atoms with Crippen LogP contribution in [-0.4, -0.2) is 24.2 Å². The van der Waals surface area contributed by atoms with E-state index in [-0.39, 0.29) is 17.9 Å². The Bertz CT molecular complexity index is 521. The van der Waals surface area contributed by atoms with Gasteiger partial charge in [0.25, 0.3) is 5.91 Å². The van der Waals surface area contributed by atoms with E-state index in [0.29, 0.717) is 22.7 Å². The van der Waals surface area contributed by atoms with Crippen molar-refractivity contribution in [2.45, 2.75) is 20.8 Å². The second kappa shape index (κ2) is 6.60. The fraction of sp³-hybridized carbons (Fsp3) is 0.400. The molecule has 0 aliphatic heterocycles. The number of hydrogen-bond acceptors (Lipinski definition) is 2. The monoisotopic (exact) mass is 279 g/mol. The van der Waals surface area contributed by atoms with Gasteiger partial charge in [0.1, 0.15) is 6.61 Å². The first-order valence-electron chi connectivity index (χ1n) is 6.01. The number of aliphatic hydroxyl groups excluding tert-OH is 1. The molecule has 2 N–H and O–H groups in total. The molecule has 0 bridgehead atoms. The third-order valence-corrected chi connectivity index (χ3v) is 2.63. The molecular formula is C15H18ClNO2. The van der Waals surface area contributed by atoms with E-state index < -0.39 is 0 Å². The number of halogens is 1. The number of amides is 1. The van der Waals surface area contributed by atoms with Crippen LogP contribution in [0.4, 0.5) is 0 Å². The average Bonchev–Trinajstić information content (AvgIpc) is 2.33. The van der Waals surface area contributed by atoms with E-state index in [4.69, 9.17) is 16.7 Å². The second-order valence-corrected chi connectivity index (χ2v) is 5.81. The second-order valence-electron chi connectivity index (χ2n) is 5.40. The molecule has 0 radical (unpaired) electrons. The molecular weight excluding hydrogens is 262 g/mol. The molecule has 0 aliphatic rings. The number of carbonyl (C=O) groups is 1. The van der Waals surface area contributed by atoms with Gasteiger partial charge in [-0.05, 0) is 23.6 Å². The molecule has 0 aromatic heterocycles. The zero-order chi connectivity index (χ0) is 14.5. The molecule has 0 aliphatic carbocycles. The van der Waals surface area contributed by atoms with E-state index in [1.165, 1.54) is 0 Å². The van der Waals surface area contributed by atoms with Crippen molar-refractivity contribution in [2.24, 2.45) is 5.41 Å². The van der Waals surface area contributed by atoms with Crippen LogP contribution in [0.1, 0.15) is 36.7 Å². The van der Waals surface area contributed by atoms with Crippen molar-refractivity contribution in [2.75, 3.05) is 13.2 Å². The van der Waals surface area contributed by atoms with Crippen molar-refractivity contribution in [1.29, 1.82) is 0 Å². The first-order chi connectivity index (χ1) is 8.83. The van der Waals surface area contributed by atoms with Crippen LogP contribution in [0, 0.1) is 17.3 Å². The first kappa shape index (κ1) is 15.6. The lowest BCUT2D eigenvalue weighted by Gasteiger charge is -2.18. The largest absolute Gasteiger partial charge is 0.384 e. The fourth-order valence-electron chi connectivity index (χ4n) is 1.34. The number of rotatable bonds is 2. The number of aliphatic hydroxyl groups is 1. The Morgan fingerprint density at radius 1 is 1.42 bits per heavy atom. The molecule has 0 heterocycles. The van der Waals surface area contributed by atoms with Gasteiger partial charge in [-0.2, -0.15) is 0 Å². The van der Waals surface area contributed by atoms with Gasteiger partial charge >= 0.3 is 0 Å². The maximum atomic E-state index is 11.9. The smallest absolute Gasteiger partial charge is 0.251 e. The minimum absolute atomic E-state index is 0.0337. The van der Waals surface area contributed by atoms with Gasteiger partial charge in [-0.3, -0.25) is 4.79 Å². The number of carbonyl (C=O) groups excluding carboxylic acids is 1. The van der Waals surface area contributed by atoms with Gasteiger partial charge < -0.3 is 10.4 Å². The van der Waals surface area contributed by atoms with E-state index in [0.717, 1.165) is 0 Å². The molecule has 19 heavy (non-hydrogen) atoms. The summed E-state index contributed by atoms with van der Waals surface area (Å²) >= 11 is 6.04. The normalized spacial score (nSPS) is 10.6. The number of hydrogen-bond donors (Lipinski definition) is 2. The van der Waals surface area contributed by atoms with Crippen molar-refractivity contribution in [3.05, 3.63) is 34.3 Å². The summed E-state index contributed by atoms with van der Waals surface area (Å²) in [4.78, 5) is 11.9. The molecule has 1 aromatic rings. The Labute approximate surface area is 119 Å². The number of benzene rings is 1. The summed E-state index contributed by atoms with van der Waals surface area (Å²) < 4.78 is 0. The van der Waals surface area contributed by atoms with Crippen LogP contribution < -0.4 is 5.32 Å². The quantitative estimate of drug-likeness (QED) is 0.817. The van der Waals surface area contributed by atoms with Gasteiger partial charge in [0.05, 0.1) is 5.02 Å². The van der Waals surface area contributed by atoms with Gasteiger partial charge in [-0.25, -0.2) is 0 Å². The molecule has 1 rings (SSSR count). The molecule has 3 nitrogen and oxygen atoms in total. The SMILES string of the molecule is CC(C)(C)CNC(=O)c1ccc(C#CCO)c(Cl)c1. The highest BCUT2D eigenvalue weighted by molar-refractivity contribution is 6.32. The van der Waals surface area contributed by atoms with Crippen molar-refractivity contribution >= 4 is 17.5 Å². The molecule has 0 atom stereocenters. The molecule has 0 unspecified atom stereocenters. The van der Waals surface area contributed by atoms with E-state index in [1.54, 1.807) is 18.2 Å². The van der Waals surface area contributed by atoms with Gasteiger partial charge in [0, 0.05) is 17.7 Å². The molecule has 1 amide bonds. The fourth-order valence-corrected chi connectivity index (χ4v) is 1.57. The van der Waals surface area contributed by atoms with Crippen LogP contribution in [0.25, 0.3) is 0 Å². The summed E-state index contributed by atoms with van der Waals surface area (Å²) in [6.45, 7) is 6.52. The van der Waals surface area contributed by atoms with Crippen molar-refractivity contribution in [3.63, 3.8) is 0 Å². The highest BCUT2D eigenvalue weighted by Crippen LogP contribution is 2.17. The third-order valence-electron chi connectivity index (χ3n) is 2.31. The topological polar surface area (TPSA) is 49.3 Å². The lowest BCUT2D eigenvalue weighted by molar-refractivity contribution is 0.0939. The van der Waals surface area contributed by atoms with Gasteiger partial charge in [0.2, 0.25) is 0 Å². The molecule has 102 valence electrons. The predicted octanol–water partition coefficient (Wildman–Crippen LogP) is 2.46. The van der Waals surface area contributed by atoms with E-state index in [2.05, 4.69) is 17.2 Å². The zero-order valence-electron chi connectivity index (χ0n) is 11.4. The van der Waals surface area contributed by atoms with Crippen molar-refractivity contribution in [3.8, 4) is 11.8 Å². The van der Waals surface area contributed by atoms with Crippen molar-refractivity contribution in [1.82, 2.24) is 5.32 Å². The van der Waals surface area contributed by atoms with Crippen LogP contribution >= 0.6 is 11.6 Å². The lowest BCUT2D eigenvalue weighted by Crippen LogP contribution is -2.32. The molecule has 0 fully saturated rings. The maximum absolute atomic E-state index is 11.9. The number of nitrogens with one attached hydrogen (secondary N) is 1. The molecule has 0 saturated carbocycles. The third kappa shape index (κ3) is 5.34. The summed E-state index contributed by atoms with van der Waals surface area (Å²) in [6.07, 6.45) is 0. The summed E-state index contributed by atoms with van der Waals surface area (Å²) in [6, 6.07) is 4.93. The van der Waals surface area contributed by atoms with Crippen LogP contribution in [-0.2, 0) is 0 Å². The molecule has 4 heteroatoms. The Morgan fingerprint density at radius 2 is 2.11 bits per heavy atom. The predicted molar refractivity (Wildman–Crippen MR) is 77.2 cm³/mol. The Morgan fingerprint density at radius 3 is 2.63 bits per heavy atom. The molecule has 0 spiro atoms. The van der Waals surface area contributed by atoms with Crippen molar-refractivity contribution < 1.29 is 9.90 Å². The van der Waals surface area contributed by atoms with E-state index in [1.807, 2.05) is 20.8 Å². The first-order valence-corrected chi connectivity index (χ1v) is 6.39. The average molecular weight is 280 g/mol. The molecule has 1 aromatic carbocycles. The van der Waals surface area contributed by atoms with Crippen LogP contribution in [0.5, 0.6) is 0 Å². The standard InChI is InChI=1S/C15H18ClNO2/c1-15(2,3)10-17-14(19)12-7-6-11(5-4-8-18)13(16)9-12/h6-7,9,18H,8,10H2,1-3H3,(H,17,19). The zero-order valence-corrected chi connectivity index (χ0v) is 12.1. The maximum Gasteiger partial charge on any atom is 0.251 e. The van der Waals surface area contributed by atoms with Gasteiger partial charge in [0.15, 0.2) is 0 Å². The Hall–Kier alpha value is -1.50.